The van der Waals surface area contributed by atoms with Crippen LogP contribution in [0.2, 0.25) is 0 Å². The molecule has 0 aliphatic carbocycles. The Morgan fingerprint density at radius 1 is 1.00 bits per heavy atom. The van der Waals surface area contributed by atoms with E-state index in [1.807, 2.05) is 60.7 Å². The summed E-state index contributed by atoms with van der Waals surface area (Å²) < 4.78 is 5.44. The topological polar surface area (TPSA) is 74.2 Å². The number of carbonyl (C=O) groups excluding carboxylic acids is 2. The first-order chi connectivity index (χ1) is 14.7. The molecule has 2 aromatic carbocycles. The van der Waals surface area contributed by atoms with E-state index in [1.165, 1.54) is 5.01 Å². The molecule has 2 amide bonds. The largest absolute Gasteiger partial charge is 0.379 e. The molecule has 1 atom stereocenters. The minimum absolute atomic E-state index is 0.106. The van der Waals surface area contributed by atoms with Gasteiger partial charge in [-0.05, 0) is 17.7 Å². The van der Waals surface area contributed by atoms with Crippen molar-refractivity contribution < 1.29 is 14.3 Å². The fourth-order valence-corrected chi connectivity index (χ4v) is 3.69. The average Bonchev–Trinajstić information content (AvgIpc) is 2.81. The van der Waals surface area contributed by atoms with Crippen molar-refractivity contribution in [1.29, 1.82) is 0 Å². The van der Waals surface area contributed by atoms with Crippen LogP contribution < -0.4 is 10.3 Å². The summed E-state index contributed by atoms with van der Waals surface area (Å²) in [4.78, 5) is 27.7. The molecular weight excluding hydrogens is 380 g/mol. The SMILES string of the molecule is O=C(NC(CN1CCOCC1)c1ccccc1)C1=NN(c2ccccc2)C(=O)CC1. The summed E-state index contributed by atoms with van der Waals surface area (Å²) >= 11 is 0. The zero-order valence-corrected chi connectivity index (χ0v) is 16.9. The molecule has 2 aromatic rings. The van der Waals surface area contributed by atoms with Crippen LogP contribution in [0.4, 0.5) is 5.69 Å². The van der Waals surface area contributed by atoms with Gasteiger partial charge in [0.25, 0.3) is 5.91 Å². The molecule has 0 spiro atoms. The van der Waals surface area contributed by atoms with Crippen LogP contribution in [0.25, 0.3) is 0 Å². The Bertz CT molecular complexity index is 895. The zero-order chi connectivity index (χ0) is 20.8. The Balaban J connectivity index is 1.52. The number of hydrazone groups is 1. The normalized spacial score (nSPS) is 18.6. The van der Waals surface area contributed by atoms with Crippen molar-refractivity contribution in [3.63, 3.8) is 0 Å². The number of benzene rings is 2. The lowest BCUT2D eigenvalue weighted by molar-refractivity contribution is -0.119. The summed E-state index contributed by atoms with van der Waals surface area (Å²) in [6.45, 7) is 3.80. The number of rotatable bonds is 6. The predicted octanol–water partition coefficient (Wildman–Crippen LogP) is 2.36. The van der Waals surface area contributed by atoms with Gasteiger partial charge in [-0.1, -0.05) is 48.5 Å². The first kappa shape index (κ1) is 20.3. The van der Waals surface area contributed by atoms with Gasteiger partial charge in [-0.2, -0.15) is 5.10 Å². The highest BCUT2D eigenvalue weighted by molar-refractivity contribution is 6.40. The first-order valence-corrected chi connectivity index (χ1v) is 10.3. The molecule has 4 rings (SSSR count). The van der Waals surface area contributed by atoms with Gasteiger partial charge < -0.3 is 10.1 Å². The minimum Gasteiger partial charge on any atom is -0.379 e. The second kappa shape index (κ2) is 9.65. The van der Waals surface area contributed by atoms with Gasteiger partial charge in [0.15, 0.2) is 0 Å². The maximum Gasteiger partial charge on any atom is 0.268 e. The number of hydrogen-bond acceptors (Lipinski definition) is 5. The van der Waals surface area contributed by atoms with Crippen LogP contribution in [0.15, 0.2) is 65.8 Å². The van der Waals surface area contributed by atoms with Gasteiger partial charge in [-0.3, -0.25) is 14.5 Å². The molecule has 0 radical (unpaired) electrons. The third kappa shape index (κ3) is 4.93. The van der Waals surface area contributed by atoms with Crippen LogP contribution in [-0.4, -0.2) is 55.3 Å². The predicted molar refractivity (Wildman–Crippen MR) is 115 cm³/mol. The summed E-state index contributed by atoms with van der Waals surface area (Å²) in [5.41, 5.74) is 2.09. The molecule has 1 N–H and O–H groups in total. The number of ether oxygens (including phenoxy) is 1. The third-order valence-electron chi connectivity index (χ3n) is 5.35. The van der Waals surface area contributed by atoms with Gasteiger partial charge in [-0.25, -0.2) is 5.01 Å². The molecular formula is C23H26N4O3. The Labute approximate surface area is 176 Å². The second-order valence-corrected chi connectivity index (χ2v) is 7.44. The van der Waals surface area contributed by atoms with Crippen molar-refractivity contribution in [3.8, 4) is 0 Å². The zero-order valence-electron chi connectivity index (χ0n) is 16.9. The number of para-hydroxylation sites is 1. The smallest absolute Gasteiger partial charge is 0.268 e. The van der Waals surface area contributed by atoms with Gasteiger partial charge in [0.05, 0.1) is 24.9 Å². The average molecular weight is 406 g/mol. The summed E-state index contributed by atoms with van der Waals surface area (Å²) in [6.07, 6.45) is 0.605. The maximum atomic E-state index is 13.1. The van der Waals surface area contributed by atoms with Gasteiger partial charge in [-0.15, -0.1) is 0 Å². The summed E-state index contributed by atoms with van der Waals surface area (Å²) in [5, 5.41) is 8.86. The van der Waals surface area contributed by atoms with Gasteiger partial charge in [0.2, 0.25) is 5.91 Å². The number of anilines is 1. The number of nitrogens with one attached hydrogen (secondary N) is 1. The van der Waals surface area contributed by atoms with E-state index in [1.54, 1.807) is 0 Å². The number of amides is 2. The van der Waals surface area contributed by atoms with E-state index in [-0.39, 0.29) is 24.3 Å². The lowest BCUT2D eigenvalue weighted by Gasteiger charge is -2.31. The number of morpholine rings is 1. The van der Waals surface area contributed by atoms with E-state index >= 15 is 0 Å². The van der Waals surface area contributed by atoms with E-state index in [0.717, 1.165) is 18.7 Å². The Hall–Kier alpha value is -3.03. The fraction of sp³-hybridized carbons (Fsp3) is 0.348. The van der Waals surface area contributed by atoms with Crippen LogP contribution in [0.1, 0.15) is 24.4 Å². The molecule has 7 nitrogen and oxygen atoms in total. The summed E-state index contributed by atoms with van der Waals surface area (Å²) in [6, 6.07) is 19.0. The van der Waals surface area contributed by atoms with Gasteiger partial charge >= 0.3 is 0 Å². The van der Waals surface area contributed by atoms with E-state index < -0.39 is 0 Å². The monoisotopic (exact) mass is 406 g/mol. The number of nitrogens with zero attached hydrogens (tertiary/aromatic N) is 3. The Morgan fingerprint density at radius 2 is 1.67 bits per heavy atom. The van der Waals surface area contributed by atoms with E-state index in [9.17, 15) is 9.59 Å². The highest BCUT2D eigenvalue weighted by Gasteiger charge is 2.28. The molecule has 2 aliphatic heterocycles. The molecule has 7 heteroatoms. The van der Waals surface area contributed by atoms with E-state index in [2.05, 4.69) is 15.3 Å². The van der Waals surface area contributed by atoms with Crippen LogP contribution in [0.5, 0.6) is 0 Å². The van der Waals surface area contributed by atoms with Crippen LogP contribution in [-0.2, 0) is 14.3 Å². The van der Waals surface area contributed by atoms with E-state index in [0.29, 0.717) is 37.6 Å². The molecule has 0 bridgehead atoms. The Kier molecular flexibility index (Phi) is 6.51. The summed E-state index contributed by atoms with van der Waals surface area (Å²) in [7, 11) is 0. The second-order valence-electron chi connectivity index (χ2n) is 7.44. The quantitative estimate of drug-likeness (QED) is 0.799. The van der Waals surface area contributed by atoms with Crippen molar-refractivity contribution in [2.24, 2.45) is 5.10 Å². The van der Waals surface area contributed by atoms with Crippen LogP contribution in [0, 0.1) is 0 Å². The molecule has 2 aliphatic rings. The number of carbonyl (C=O) groups is 2. The first-order valence-electron chi connectivity index (χ1n) is 10.3. The molecule has 30 heavy (non-hydrogen) atoms. The van der Waals surface area contributed by atoms with Crippen molar-refractivity contribution in [3.05, 3.63) is 66.2 Å². The lowest BCUT2D eigenvalue weighted by atomic mass is 10.0. The molecule has 1 fully saturated rings. The molecule has 0 saturated carbocycles. The van der Waals surface area contributed by atoms with Crippen LogP contribution in [0.3, 0.4) is 0 Å². The molecule has 156 valence electrons. The van der Waals surface area contributed by atoms with Crippen LogP contribution >= 0.6 is 0 Å². The van der Waals surface area contributed by atoms with Crippen molar-refractivity contribution in [2.75, 3.05) is 37.9 Å². The Morgan fingerprint density at radius 3 is 2.37 bits per heavy atom. The summed E-state index contributed by atoms with van der Waals surface area (Å²) in [5.74, 6) is -0.337. The molecule has 0 aromatic heterocycles. The van der Waals surface area contributed by atoms with Crippen molar-refractivity contribution in [2.45, 2.75) is 18.9 Å². The highest BCUT2D eigenvalue weighted by Crippen LogP contribution is 2.21. The fourth-order valence-electron chi connectivity index (χ4n) is 3.69. The minimum atomic E-state index is -0.231. The van der Waals surface area contributed by atoms with Crippen molar-refractivity contribution in [1.82, 2.24) is 10.2 Å². The third-order valence-corrected chi connectivity index (χ3v) is 5.35. The molecule has 1 unspecified atom stereocenters. The standard InChI is InChI=1S/C23H26N4O3/c28-22-12-11-20(25-27(22)19-9-5-2-6-10-19)23(29)24-21(18-7-3-1-4-8-18)17-26-13-15-30-16-14-26/h1-10,21H,11-17H2,(H,24,29). The maximum absolute atomic E-state index is 13.1. The van der Waals surface area contributed by atoms with E-state index in [4.69, 9.17) is 4.74 Å². The number of hydrogen-bond donors (Lipinski definition) is 1. The molecule has 2 heterocycles. The van der Waals surface area contributed by atoms with Crippen molar-refractivity contribution >= 4 is 23.2 Å². The van der Waals surface area contributed by atoms with Gasteiger partial charge in [0, 0.05) is 32.5 Å². The lowest BCUT2D eigenvalue weighted by Crippen LogP contribution is -2.45. The molecule has 1 saturated heterocycles. The highest BCUT2D eigenvalue weighted by atomic mass is 16.5. The van der Waals surface area contributed by atoms with Gasteiger partial charge in [0.1, 0.15) is 5.71 Å².